The van der Waals surface area contributed by atoms with Crippen molar-refractivity contribution in [3.63, 3.8) is 0 Å². The van der Waals surface area contributed by atoms with Gasteiger partial charge in [-0.2, -0.15) is 5.26 Å². The zero-order valence-corrected chi connectivity index (χ0v) is 8.37. The number of hydrogen-bond acceptors (Lipinski definition) is 3. The van der Waals surface area contributed by atoms with Crippen LogP contribution in [0.1, 0.15) is 26.2 Å². The lowest BCUT2D eigenvalue weighted by Gasteiger charge is -2.30. The summed E-state index contributed by atoms with van der Waals surface area (Å²) in [6, 6.07) is 1.79. The van der Waals surface area contributed by atoms with Crippen LogP contribution in [0, 0.1) is 17.2 Å². The first kappa shape index (κ1) is 10.5. The molecule has 1 aliphatic heterocycles. The number of likely N-dealkylation sites (tertiary alicyclic amines) is 1. The van der Waals surface area contributed by atoms with E-state index in [0.717, 1.165) is 18.9 Å². The fourth-order valence-electron chi connectivity index (χ4n) is 1.88. The number of hydrogen-bond donors (Lipinski definition) is 1. The second-order valence-electron chi connectivity index (χ2n) is 4.07. The molecule has 0 radical (unpaired) electrons. The lowest BCUT2D eigenvalue weighted by Crippen LogP contribution is -2.37. The van der Waals surface area contributed by atoms with Crippen molar-refractivity contribution >= 4 is 0 Å². The third kappa shape index (κ3) is 3.75. The van der Waals surface area contributed by atoms with Crippen LogP contribution in [-0.2, 0) is 0 Å². The molecule has 0 amide bonds. The van der Waals surface area contributed by atoms with Gasteiger partial charge >= 0.3 is 0 Å². The number of rotatable bonds is 3. The lowest BCUT2D eigenvalue weighted by molar-refractivity contribution is 0.181. The molecule has 1 saturated heterocycles. The SMILES string of the molecule is CC1CCCN(CCC(N)C#N)C1. The normalized spacial score (nSPS) is 26.7. The molecule has 2 atom stereocenters. The summed E-state index contributed by atoms with van der Waals surface area (Å²) in [4.78, 5) is 2.42. The van der Waals surface area contributed by atoms with Gasteiger partial charge in [-0.05, 0) is 31.7 Å². The topological polar surface area (TPSA) is 53.0 Å². The molecule has 0 bridgehead atoms. The maximum Gasteiger partial charge on any atom is 0.0940 e. The van der Waals surface area contributed by atoms with Crippen LogP contribution < -0.4 is 5.73 Å². The molecule has 1 aliphatic rings. The molecule has 3 nitrogen and oxygen atoms in total. The van der Waals surface area contributed by atoms with Crippen molar-refractivity contribution in [3.8, 4) is 6.07 Å². The third-order valence-corrected chi connectivity index (χ3v) is 2.66. The minimum atomic E-state index is -0.280. The Labute approximate surface area is 80.5 Å². The average molecular weight is 181 g/mol. The summed E-state index contributed by atoms with van der Waals surface area (Å²) in [5, 5.41) is 8.52. The summed E-state index contributed by atoms with van der Waals surface area (Å²) in [5.74, 6) is 0.812. The molecule has 2 unspecified atom stereocenters. The molecule has 1 rings (SSSR count). The fourth-order valence-corrected chi connectivity index (χ4v) is 1.88. The predicted octanol–water partition coefficient (Wildman–Crippen LogP) is 0.959. The van der Waals surface area contributed by atoms with E-state index in [-0.39, 0.29) is 6.04 Å². The van der Waals surface area contributed by atoms with E-state index in [4.69, 9.17) is 11.0 Å². The predicted molar refractivity (Wildman–Crippen MR) is 53.0 cm³/mol. The fraction of sp³-hybridized carbons (Fsp3) is 0.900. The van der Waals surface area contributed by atoms with Crippen molar-refractivity contribution in [1.29, 1.82) is 5.26 Å². The maximum atomic E-state index is 8.52. The summed E-state index contributed by atoms with van der Waals surface area (Å²) >= 11 is 0. The zero-order valence-electron chi connectivity index (χ0n) is 8.37. The summed E-state index contributed by atoms with van der Waals surface area (Å²) in [6.45, 7) is 5.64. The second kappa shape index (κ2) is 5.21. The van der Waals surface area contributed by atoms with Crippen LogP contribution in [0.4, 0.5) is 0 Å². The minimum Gasteiger partial charge on any atom is -0.316 e. The standard InChI is InChI=1S/C10H19N3/c1-9-3-2-5-13(8-9)6-4-10(12)7-11/h9-10H,2-6,8,12H2,1H3. The molecule has 0 saturated carbocycles. The highest BCUT2D eigenvalue weighted by Gasteiger charge is 2.16. The Morgan fingerprint density at radius 1 is 1.69 bits per heavy atom. The monoisotopic (exact) mass is 181 g/mol. The molecule has 0 aliphatic carbocycles. The van der Waals surface area contributed by atoms with Crippen LogP contribution >= 0.6 is 0 Å². The maximum absolute atomic E-state index is 8.52. The Bertz CT molecular complexity index is 185. The van der Waals surface area contributed by atoms with E-state index < -0.39 is 0 Å². The third-order valence-electron chi connectivity index (χ3n) is 2.66. The van der Waals surface area contributed by atoms with Gasteiger partial charge in [-0.15, -0.1) is 0 Å². The van der Waals surface area contributed by atoms with E-state index in [9.17, 15) is 0 Å². The second-order valence-corrected chi connectivity index (χ2v) is 4.07. The molecule has 1 fully saturated rings. The Kier molecular flexibility index (Phi) is 4.20. The highest BCUT2D eigenvalue weighted by atomic mass is 15.1. The molecule has 0 spiro atoms. The first-order valence-corrected chi connectivity index (χ1v) is 5.10. The van der Waals surface area contributed by atoms with Gasteiger partial charge in [0.05, 0.1) is 12.1 Å². The van der Waals surface area contributed by atoms with Gasteiger partial charge in [-0.3, -0.25) is 0 Å². The van der Waals surface area contributed by atoms with E-state index in [2.05, 4.69) is 17.9 Å². The molecular formula is C10H19N3. The van der Waals surface area contributed by atoms with Crippen LogP contribution in [0.25, 0.3) is 0 Å². The van der Waals surface area contributed by atoms with E-state index in [0.29, 0.717) is 0 Å². The quantitative estimate of drug-likeness (QED) is 0.705. The van der Waals surface area contributed by atoms with E-state index in [1.165, 1.54) is 25.9 Å². The van der Waals surface area contributed by atoms with Crippen LogP contribution in [-0.4, -0.2) is 30.6 Å². The van der Waals surface area contributed by atoms with E-state index in [1.54, 1.807) is 0 Å². The molecule has 1 heterocycles. The Balaban J connectivity index is 2.17. The van der Waals surface area contributed by atoms with Gasteiger partial charge in [0.1, 0.15) is 0 Å². The van der Waals surface area contributed by atoms with E-state index in [1.807, 2.05) is 0 Å². The van der Waals surface area contributed by atoms with Gasteiger partial charge in [-0.25, -0.2) is 0 Å². The molecule has 74 valence electrons. The Hall–Kier alpha value is -0.590. The van der Waals surface area contributed by atoms with Gasteiger partial charge in [0.2, 0.25) is 0 Å². The van der Waals surface area contributed by atoms with Gasteiger partial charge in [0.25, 0.3) is 0 Å². The number of piperidine rings is 1. The van der Waals surface area contributed by atoms with Crippen molar-refractivity contribution in [1.82, 2.24) is 4.90 Å². The Morgan fingerprint density at radius 3 is 3.08 bits per heavy atom. The van der Waals surface area contributed by atoms with Crippen LogP contribution in [0.2, 0.25) is 0 Å². The highest BCUT2D eigenvalue weighted by Crippen LogP contribution is 2.15. The minimum absolute atomic E-state index is 0.280. The van der Waals surface area contributed by atoms with Crippen LogP contribution in [0.15, 0.2) is 0 Å². The zero-order chi connectivity index (χ0) is 9.68. The van der Waals surface area contributed by atoms with Crippen molar-refractivity contribution in [2.75, 3.05) is 19.6 Å². The van der Waals surface area contributed by atoms with Gasteiger partial charge in [0, 0.05) is 13.1 Å². The first-order valence-electron chi connectivity index (χ1n) is 5.10. The molecule has 0 aromatic heterocycles. The largest absolute Gasteiger partial charge is 0.316 e. The summed E-state index contributed by atoms with van der Waals surface area (Å²) in [7, 11) is 0. The van der Waals surface area contributed by atoms with Gasteiger partial charge < -0.3 is 10.6 Å². The molecule has 2 N–H and O–H groups in total. The molecule has 13 heavy (non-hydrogen) atoms. The summed E-state index contributed by atoms with van der Waals surface area (Å²) in [5.41, 5.74) is 5.54. The van der Waals surface area contributed by atoms with Crippen molar-refractivity contribution in [2.45, 2.75) is 32.2 Å². The van der Waals surface area contributed by atoms with Gasteiger partial charge in [0.15, 0.2) is 0 Å². The number of nitrogens with two attached hydrogens (primary N) is 1. The highest BCUT2D eigenvalue weighted by molar-refractivity contribution is 4.87. The van der Waals surface area contributed by atoms with Crippen molar-refractivity contribution in [2.24, 2.45) is 11.7 Å². The van der Waals surface area contributed by atoms with Crippen molar-refractivity contribution in [3.05, 3.63) is 0 Å². The molecular weight excluding hydrogens is 162 g/mol. The van der Waals surface area contributed by atoms with Crippen molar-refractivity contribution < 1.29 is 0 Å². The van der Waals surface area contributed by atoms with Crippen LogP contribution in [0.3, 0.4) is 0 Å². The van der Waals surface area contributed by atoms with E-state index >= 15 is 0 Å². The molecule has 0 aromatic carbocycles. The molecule has 0 aromatic rings. The van der Waals surface area contributed by atoms with Crippen LogP contribution in [0.5, 0.6) is 0 Å². The Morgan fingerprint density at radius 2 is 2.46 bits per heavy atom. The lowest BCUT2D eigenvalue weighted by atomic mass is 10.00. The first-order chi connectivity index (χ1) is 6.22. The van der Waals surface area contributed by atoms with Gasteiger partial charge in [-0.1, -0.05) is 6.92 Å². The summed E-state index contributed by atoms with van der Waals surface area (Å²) < 4.78 is 0. The molecule has 3 heteroatoms. The summed E-state index contributed by atoms with van der Waals surface area (Å²) in [6.07, 6.45) is 3.45. The number of nitriles is 1. The smallest absolute Gasteiger partial charge is 0.0940 e. The number of nitrogens with zero attached hydrogens (tertiary/aromatic N) is 2. The average Bonchev–Trinajstić information content (AvgIpc) is 2.14.